The van der Waals surface area contributed by atoms with E-state index in [-0.39, 0.29) is 12.4 Å². The molecular weight excluding hydrogens is 248 g/mol. The second-order valence-corrected chi connectivity index (χ2v) is 6.04. The van der Waals surface area contributed by atoms with E-state index in [2.05, 4.69) is 24.1 Å². The highest BCUT2D eigenvalue weighted by molar-refractivity contribution is 5.85. The van der Waals surface area contributed by atoms with E-state index in [1.54, 1.807) is 0 Å². The van der Waals surface area contributed by atoms with Gasteiger partial charge < -0.3 is 10.2 Å². The fourth-order valence-electron chi connectivity index (χ4n) is 3.28. The van der Waals surface area contributed by atoms with Crippen LogP contribution in [0.5, 0.6) is 0 Å². The van der Waals surface area contributed by atoms with E-state index in [4.69, 9.17) is 0 Å². The number of rotatable bonds is 2. The summed E-state index contributed by atoms with van der Waals surface area (Å²) in [4.78, 5) is 14.3. The SMILES string of the molecule is CC1CCCC(CC(=O)N2CCNC(C)C2)C1.Cl. The molecule has 1 saturated heterocycles. The van der Waals surface area contributed by atoms with Crippen LogP contribution in [0, 0.1) is 11.8 Å². The van der Waals surface area contributed by atoms with Crippen molar-refractivity contribution in [2.45, 2.75) is 52.0 Å². The molecule has 1 N–H and O–H groups in total. The molecule has 2 fully saturated rings. The Morgan fingerprint density at radius 3 is 2.78 bits per heavy atom. The van der Waals surface area contributed by atoms with Crippen LogP contribution in [0.1, 0.15) is 46.0 Å². The highest BCUT2D eigenvalue weighted by Gasteiger charge is 2.25. The molecule has 3 unspecified atom stereocenters. The van der Waals surface area contributed by atoms with Gasteiger partial charge in [0.25, 0.3) is 0 Å². The molecule has 18 heavy (non-hydrogen) atoms. The van der Waals surface area contributed by atoms with Gasteiger partial charge in [-0.05, 0) is 31.6 Å². The molecule has 0 spiro atoms. The quantitative estimate of drug-likeness (QED) is 0.839. The lowest BCUT2D eigenvalue weighted by Gasteiger charge is -2.34. The molecule has 2 rings (SSSR count). The summed E-state index contributed by atoms with van der Waals surface area (Å²) in [6.07, 6.45) is 5.98. The van der Waals surface area contributed by atoms with Crippen molar-refractivity contribution in [2.75, 3.05) is 19.6 Å². The molecule has 1 heterocycles. The molecule has 3 atom stereocenters. The number of carbonyl (C=O) groups excluding carboxylic acids is 1. The lowest BCUT2D eigenvalue weighted by atomic mass is 9.80. The summed E-state index contributed by atoms with van der Waals surface area (Å²) in [7, 11) is 0. The van der Waals surface area contributed by atoms with Crippen molar-refractivity contribution in [3.8, 4) is 0 Å². The van der Waals surface area contributed by atoms with Crippen LogP contribution < -0.4 is 5.32 Å². The number of hydrogen-bond acceptors (Lipinski definition) is 2. The number of piperazine rings is 1. The zero-order valence-corrected chi connectivity index (χ0v) is 12.5. The zero-order chi connectivity index (χ0) is 12.3. The van der Waals surface area contributed by atoms with Gasteiger partial charge in [0, 0.05) is 32.1 Å². The van der Waals surface area contributed by atoms with Crippen LogP contribution in [0.2, 0.25) is 0 Å². The first-order valence-corrected chi connectivity index (χ1v) is 7.16. The second-order valence-electron chi connectivity index (χ2n) is 6.04. The molecule has 0 aromatic carbocycles. The first-order valence-electron chi connectivity index (χ1n) is 7.16. The summed E-state index contributed by atoms with van der Waals surface area (Å²) in [5.74, 6) is 1.86. The summed E-state index contributed by atoms with van der Waals surface area (Å²) in [5.41, 5.74) is 0. The number of carbonyl (C=O) groups is 1. The van der Waals surface area contributed by atoms with E-state index < -0.39 is 0 Å². The summed E-state index contributed by atoms with van der Waals surface area (Å²) in [6, 6.07) is 0.456. The Bertz CT molecular complexity index is 273. The van der Waals surface area contributed by atoms with E-state index in [1.807, 2.05) is 0 Å². The summed E-state index contributed by atoms with van der Waals surface area (Å²) >= 11 is 0. The van der Waals surface area contributed by atoms with Crippen LogP contribution in [-0.2, 0) is 4.79 Å². The first kappa shape index (κ1) is 15.8. The van der Waals surface area contributed by atoms with Crippen LogP contribution >= 0.6 is 12.4 Å². The highest BCUT2D eigenvalue weighted by atomic mass is 35.5. The Morgan fingerprint density at radius 2 is 2.11 bits per heavy atom. The van der Waals surface area contributed by atoms with Gasteiger partial charge in [0.05, 0.1) is 0 Å². The van der Waals surface area contributed by atoms with Crippen LogP contribution in [0.3, 0.4) is 0 Å². The maximum Gasteiger partial charge on any atom is 0.222 e. The Kier molecular flexibility index (Phi) is 6.44. The van der Waals surface area contributed by atoms with Crippen molar-refractivity contribution < 1.29 is 4.79 Å². The molecule has 1 aliphatic carbocycles. The lowest BCUT2D eigenvalue weighted by Crippen LogP contribution is -2.51. The van der Waals surface area contributed by atoms with Crippen LogP contribution in [-0.4, -0.2) is 36.5 Å². The van der Waals surface area contributed by atoms with Gasteiger partial charge >= 0.3 is 0 Å². The molecular formula is C14H27ClN2O. The summed E-state index contributed by atoms with van der Waals surface area (Å²) < 4.78 is 0. The lowest BCUT2D eigenvalue weighted by molar-refractivity contribution is -0.133. The van der Waals surface area contributed by atoms with Crippen molar-refractivity contribution in [1.82, 2.24) is 10.2 Å². The Hall–Kier alpha value is -0.280. The number of nitrogens with one attached hydrogen (secondary N) is 1. The molecule has 4 heteroatoms. The van der Waals surface area contributed by atoms with Gasteiger partial charge in [0.2, 0.25) is 5.91 Å². The zero-order valence-electron chi connectivity index (χ0n) is 11.7. The Labute approximate surface area is 117 Å². The third-order valence-electron chi connectivity index (χ3n) is 4.23. The standard InChI is InChI=1S/C14H26N2O.ClH/c1-11-4-3-5-13(8-11)9-14(17)16-7-6-15-12(2)10-16;/h11-13,15H,3-10H2,1-2H3;1H. The molecule has 0 aromatic rings. The predicted octanol–water partition coefficient (Wildman–Crippen LogP) is 2.44. The minimum atomic E-state index is 0. The van der Waals surface area contributed by atoms with Gasteiger partial charge in [-0.15, -0.1) is 12.4 Å². The third-order valence-corrected chi connectivity index (χ3v) is 4.23. The molecule has 0 bridgehead atoms. The maximum absolute atomic E-state index is 12.2. The van der Waals surface area contributed by atoms with Gasteiger partial charge in [0.1, 0.15) is 0 Å². The van der Waals surface area contributed by atoms with E-state index in [0.717, 1.165) is 32.0 Å². The first-order chi connectivity index (χ1) is 8.15. The minimum Gasteiger partial charge on any atom is -0.340 e. The normalized spacial score (nSPS) is 32.8. The van der Waals surface area contributed by atoms with E-state index in [0.29, 0.717) is 17.9 Å². The highest BCUT2D eigenvalue weighted by Crippen LogP contribution is 2.31. The molecule has 1 saturated carbocycles. The van der Waals surface area contributed by atoms with E-state index in [9.17, 15) is 4.79 Å². The molecule has 1 aliphatic heterocycles. The molecule has 0 radical (unpaired) electrons. The molecule has 106 valence electrons. The van der Waals surface area contributed by atoms with Gasteiger partial charge in [-0.3, -0.25) is 4.79 Å². The van der Waals surface area contributed by atoms with Crippen LogP contribution in [0.15, 0.2) is 0 Å². The smallest absolute Gasteiger partial charge is 0.222 e. The van der Waals surface area contributed by atoms with Crippen molar-refractivity contribution in [3.63, 3.8) is 0 Å². The van der Waals surface area contributed by atoms with Gasteiger partial charge in [-0.1, -0.05) is 19.8 Å². The van der Waals surface area contributed by atoms with E-state index in [1.165, 1.54) is 25.7 Å². The monoisotopic (exact) mass is 274 g/mol. The number of hydrogen-bond donors (Lipinski definition) is 1. The Balaban J connectivity index is 0.00000162. The molecule has 2 aliphatic rings. The molecule has 3 nitrogen and oxygen atoms in total. The van der Waals surface area contributed by atoms with Gasteiger partial charge in [0.15, 0.2) is 0 Å². The van der Waals surface area contributed by atoms with Crippen molar-refractivity contribution in [1.29, 1.82) is 0 Å². The molecule has 1 amide bonds. The van der Waals surface area contributed by atoms with E-state index >= 15 is 0 Å². The largest absolute Gasteiger partial charge is 0.340 e. The third kappa shape index (κ3) is 4.43. The maximum atomic E-state index is 12.2. The minimum absolute atomic E-state index is 0. The van der Waals surface area contributed by atoms with Crippen molar-refractivity contribution in [3.05, 3.63) is 0 Å². The number of amides is 1. The predicted molar refractivity (Wildman–Crippen MR) is 77.0 cm³/mol. The fraction of sp³-hybridized carbons (Fsp3) is 0.929. The number of halogens is 1. The fourth-order valence-corrected chi connectivity index (χ4v) is 3.28. The van der Waals surface area contributed by atoms with Gasteiger partial charge in [-0.25, -0.2) is 0 Å². The molecule has 0 aromatic heterocycles. The number of nitrogens with zero attached hydrogens (tertiary/aromatic N) is 1. The van der Waals surface area contributed by atoms with Gasteiger partial charge in [-0.2, -0.15) is 0 Å². The van der Waals surface area contributed by atoms with Crippen molar-refractivity contribution in [2.24, 2.45) is 11.8 Å². The Morgan fingerprint density at radius 1 is 1.33 bits per heavy atom. The topological polar surface area (TPSA) is 32.3 Å². The van der Waals surface area contributed by atoms with Crippen LogP contribution in [0.25, 0.3) is 0 Å². The van der Waals surface area contributed by atoms with Crippen LogP contribution in [0.4, 0.5) is 0 Å². The second kappa shape index (κ2) is 7.34. The van der Waals surface area contributed by atoms with Crippen molar-refractivity contribution >= 4 is 18.3 Å². The summed E-state index contributed by atoms with van der Waals surface area (Å²) in [5, 5.41) is 3.38. The average Bonchev–Trinajstić information content (AvgIpc) is 2.29. The average molecular weight is 275 g/mol. The summed E-state index contributed by atoms with van der Waals surface area (Å²) in [6.45, 7) is 7.21.